The van der Waals surface area contributed by atoms with Crippen molar-refractivity contribution >= 4 is 17.9 Å². The van der Waals surface area contributed by atoms with Crippen molar-refractivity contribution in [1.29, 1.82) is 0 Å². The number of nitrogens with zero attached hydrogens (tertiary/aromatic N) is 1. The van der Waals surface area contributed by atoms with Crippen molar-refractivity contribution in [3.05, 3.63) is 72.9 Å². The van der Waals surface area contributed by atoms with Crippen LogP contribution in [0.25, 0.3) is 0 Å². The topological polar surface area (TPSA) is 108 Å². The van der Waals surface area contributed by atoms with Crippen molar-refractivity contribution < 1.29 is 42.9 Å². The van der Waals surface area contributed by atoms with E-state index >= 15 is 0 Å². The zero-order valence-electron chi connectivity index (χ0n) is 50.9. The molecule has 446 valence electrons. The third kappa shape index (κ3) is 60.2. The average Bonchev–Trinajstić information content (AvgIpc) is 3.40. The third-order valence-corrected chi connectivity index (χ3v) is 14.0. The van der Waals surface area contributed by atoms with Gasteiger partial charge in [0, 0.05) is 12.8 Å². The molecule has 77 heavy (non-hydrogen) atoms. The lowest BCUT2D eigenvalue weighted by Gasteiger charge is -2.25. The first-order valence-electron chi connectivity index (χ1n) is 32.1. The Morgan fingerprint density at radius 2 is 0.740 bits per heavy atom. The highest BCUT2D eigenvalue weighted by Gasteiger charge is 2.25. The number of hydrogen-bond acceptors (Lipinski definition) is 7. The highest BCUT2D eigenvalue weighted by Crippen LogP contribution is 2.18. The zero-order valence-corrected chi connectivity index (χ0v) is 50.9. The number of aliphatic carboxylic acids is 1. The molecule has 0 aromatic heterocycles. The van der Waals surface area contributed by atoms with Crippen LogP contribution in [0.1, 0.15) is 284 Å². The van der Waals surface area contributed by atoms with Crippen molar-refractivity contribution in [2.45, 2.75) is 296 Å². The molecular weight excluding hydrogens is 959 g/mol. The SMILES string of the molecule is CC/C=C\C/C=C\C/C=C\C/C=C\C/C=C\C/C=C\CCCCCCC(=O)OC(COC(=O)CCCCCCCCCCCCCCCCCCCCCCCCCCCCCCC)COC(OCC[N+](C)(C)C)C(=O)O. The quantitative estimate of drug-likeness (QED) is 0.0211. The molecule has 2 atom stereocenters. The summed E-state index contributed by atoms with van der Waals surface area (Å²) in [6.07, 6.45) is 74.3. The van der Waals surface area contributed by atoms with Gasteiger partial charge in [-0.25, -0.2) is 4.79 Å². The number of likely N-dealkylation sites (N-methyl/N-ethyl adjacent to an activating group) is 1. The number of carbonyl (C=O) groups is 3. The highest BCUT2D eigenvalue weighted by molar-refractivity contribution is 5.71. The monoisotopic (exact) mass is 1080 g/mol. The summed E-state index contributed by atoms with van der Waals surface area (Å²) in [4.78, 5) is 37.5. The number of ether oxygens (including phenoxy) is 4. The fraction of sp³-hybridized carbons (Fsp3) is 0.779. The van der Waals surface area contributed by atoms with Crippen LogP contribution in [0.15, 0.2) is 72.9 Å². The Labute approximate surface area is 475 Å². The molecule has 0 heterocycles. The van der Waals surface area contributed by atoms with E-state index < -0.39 is 24.3 Å². The Bertz CT molecular complexity index is 1490. The van der Waals surface area contributed by atoms with Crippen LogP contribution < -0.4 is 0 Å². The number of carboxylic acid groups (broad SMARTS) is 1. The van der Waals surface area contributed by atoms with Gasteiger partial charge in [-0.15, -0.1) is 0 Å². The second-order valence-electron chi connectivity index (χ2n) is 22.7. The Hall–Kier alpha value is -3.27. The van der Waals surface area contributed by atoms with Crippen molar-refractivity contribution in [3.63, 3.8) is 0 Å². The standard InChI is InChI=1S/C68H121NO8/c1-6-8-10-12-14-16-18-20-22-24-26-28-30-31-32-33-34-35-37-38-40-42-44-46-48-50-52-54-56-58-65(70)75-62-64(63-76-68(67(72)73)74-61-60-69(3,4)5)77-66(71)59-57-55-53-51-49-47-45-43-41-39-36-29-27-25-23-21-19-17-15-13-11-9-7-2/h9,11,15,17,21,23,27,29,39,41,45,47,64,68H,6-8,10,12-14,16,18-20,22,24-26,28,30-38,40,42-44,46,48-63H2,1-5H3/p+1/b11-9-,17-15-,23-21-,29-27-,41-39-,47-45-. The van der Waals surface area contributed by atoms with Gasteiger partial charge in [-0.1, -0.05) is 279 Å². The molecular formula is C68H122NO8+. The van der Waals surface area contributed by atoms with Gasteiger partial charge in [0.2, 0.25) is 0 Å². The first-order chi connectivity index (χ1) is 37.6. The summed E-state index contributed by atoms with van der Waals surface area (Å²) in [7, 11) is 5.96. The second kappa shape index (κ2) is 58.9. The number of rotatable bonds is 59. The van der Waals surface area contributed by atoms with Crippen LogP contribution >= 0.6 is 0 Å². The van der Waals surface area contributed by atoms with Crippen LogP contribution in [0.4, 0.5) is 0 Å². The summed E-state index contributed by atoms with van der Waals surface area (Å²) in [6.45, 7) is 4.76. The van der Waals surface area contributed by atoms with Crippen molar-refractivity contribution in [2.75, 3.05) is 47.5 Å². The smallest absolute Gasteiger partial charge is 0.361 e. The van der Waals surface area contributed by atoms with Gasteiger partial charge >= 0.3 is 17.9 Å². The van der Waals surface area contributed by atoms with Crippen molar-refractivity contribution in [2.24, 2.45) is 0 Å². The number of allylic oxidation sites excluding steroid dienone is 12. The minimum absolute atomic E-state index is 0.180. The maximum atomic E-state index is 12.9. The number of quaternary nitrogens is 1. The number of carbonyl (C=O) groups excluding carboxylic acids is 2. The molecule has 0 aliphatic heterocycles. The molecule has 0 aromatic rings. The van der Waals surface area contributed by atoms with Gasteiger partial charge in [0.25, 0.3) is 6.29 Å². The molecule has 0 aliphatic carbocycles. The molecule has 0 radical (unpaired) electrons. The van der Waals surface area contributed by atoms with E-state index in [1.165, 1.54) is 167 Å². The number of hydrogen-bond donors (Lipinski definition) is 1. The highest BCUT2D eigenvalue weighted by atomic mass is 16.7. The van der Waals surface area contributed by atoms with Crippen LogP contribution in [-0.4, -0.2) is 87.4 Å². The molecule has 0 spiro atoms. The van der Waals surface area contributed by atoms with Gasteiger partial charge in [-0.2, -0.15) is 0 Å². The molecule has 9 nitrogen and oxygen atoms in total. The van der Waals surface area contributed by atoms with Gasteiger partial charge in [0.05, 0.1) is 34.4 Å². The lowest BCUT2D eigenvalue weighted by atomic mass is 10.0. The van der Waals surface area contributed by atoms with Gasteiger partial charge in [-0.05, 0) is 64.2 Å². The molecule has 0 aromatic carbocycles. The molecule has 1 N–H and O–H groups in total. The minimum atomic E-state index is -1.52. The van der Waals surface area contributed by atoms with E-state index in [0.717, 1.165) is 83.5 Å². The zero-order chi connectivity index (χ0) is 56.2. The summed E-state index contributed by atoms with van der Waals surface area (Å²) in [5.74, 6) is -2.03. The van der Waals surface area contributed by atoms with Crippen LogP contribution in [0.3, 0.4) is 0 Å². The molecule has 9 heteroatoms. The maximum absolute atomic E-state index is 12.9. The van der Waals surface area contributed by atoms with E-state index in [1.807, 2.05) is 21.1 Å². The molecule has 0 saturated carbocycles. The number of carboxylic acids is 1. The summed E-state index contributed by atoms with van der Waals surface area (Å²) >= 11 is 0. The first kappa shape index (κ1) is 73.7. The summed E-state index contributed by atoms with van der Waals surface area (Å²) in [6, 6.07) is 0. The van der Waals surface area contributed by atoms with Crippen molar-refractivity contribution in [1.82, 2.24) is 0 Å². The molecule has 0 aliphatic rings. The van der Waals surface area contributed by atoms with Gasteiger partial charge in [-0.3, -0.25) is 9.59 Å². The van der Waals surface area contributed by atoms with E-state index in [2.05, 4.69) is 86.8 Å². The van der Waals surface area contributed by atoms with E-state index in [-0.39, 0.29) is 32.2 Å². The molecule has 0 bridgehead atoms. The lowest BCUT2D eigenvalue weighted by molar-refractivity contribution is -0.870. The Balaban J connectivity index is 4.18. The molecule has 0 saturated heterocycles. The summed E-state index contributed by atoms with van der Waals surface area (Å²) in [5, 5.41) is 9.72. The fourth-order valence-electron chi connectivity index (χ4n) is 9.08. The number of esters is 2. The molecule has 2 unspecified atom stereocenters. The minimum Gasteiger partial charge on any atom is -0.477 e. The normalized spacial score (nSPS) is 13.2. The first-order valence-corrected chi connectivity index (χ1v) is 32.1. The van der Waals surface area contributed by atoms with Crippen LogP contribution in [0.2, 0.25) is 0 Å². The maximum Gasteiger partial charge on any atom is 0.361 e. The Morgan fingerprint density at radius 1 is 0.403 bits per heavy atom. The molecule has 0 amide bonds. The molecule has 0 rings (SSSR count). The van der Waals surface area contributed by atoms with Crippen molar-refractivity contribution in [3.8, 4) is 0 Å². The van der Waals surface area contributed by atoms with Crippen LogP contribution in [0, 0.1) is 0 Å². The largest absolute Gasteiger partial charge is 0.477 e. The fourth-order valence-corrected chi connectivity index (χ4v) is 9.08. The molecule has 0 fully saturated rings. The van der Waals surface area contributed by atoms with Crippen LogP contribution in [0.5, 0.6) is 0 Å². The summed E-state index contributed by atoms with van der Waals surface area (Å²) in [5.41, 5.74) is 0. The van der Waals surface area contributed by atoms with E-state index in [4.69, 9.17) is 18.9 Å². The van der Waals surface area contributed by atoms with Crippen LogP contribution in [-0.2, 0) is 33.3 Å². The summed E-state index contributed by atoms with van der Waals surface area (Å²) < 4.78 is 22.9. The Kier molecular flexibility index (Phi) is 56.4. The van der Waals surface area contributed by atoms with E-state index in [0.29, 0.717) is 23.9 Å². The second-order valence-corrected chi connectivity index (χ2v) is 22.7. The number of unbranched alkanes of at least 4 members (excludes halogenated alkanes) is 32. The van der Waals surface area contributed by atoms with Gasteiger partial charge < -0.3 is 28.5 Å². The Morgan fingerprint density at radius 3 is 1.10 bits per heavy atom. The van der Waals surface area contributed by atoms with E-state index in [1.54, 1.807) is 0 Å². The van der Waals surface area contributed by atoms with Gasteiger partial charge in [0.15, 0.2) is 6.10 Å². The van der Waals surface area contributed by atoms with E-state index in [9.17, 15) is 19.5 Å². The predicted molar refractivity (Wildman–Crippen MR) is 327 cm³/mol. The average molecular weight is 1080 g/mol. The lowest BCUT2D eigenvalue weighted by Crippen LogP contribution is -2.40. The third-order valence-electron chi connectivity index (χ3n) is 14.0. The van der Waals surface area contributed by atoms with Gasteiger partial charge in [0.1, 0.15) is 13.2 Å². The predicted octanol–water partition coefficient (Wildman–Crippen LogP) is 19.4.